The number of rotatable bonds is 4. The quantitative estimate of drug-likeness (QED) is 0.605. The van der Waals surface area contributed by atoms with Gasteiger partial charge in [-0.15, -0.1) is 0 Å². The summed E-state index contributed by atoms with van der Waals surface area (Å²) in [5.41, 5.74) is 2.38. The lowest BCUT2D eigenvalue weighted by Crippen LogP contribution is -2.45. The van der Waals surface area contributed by atoms with Crippen molar-refractivity contribution in [2.75, 3.05) is 18.0 Å². The van der Waals surface area contributed by atoms with Gasteiger partial charge in [-0.1, -0.05) is 0 Å². The fraction of sp³-hybridized carbons (Fsp3) is 0.550. The van der Waals surface area contributed by atoms with Gasteiger partial charge in [0.1, 0.15) is 5.52 Å². The van der Waals surface area contributed by atoms with E-state index < -0.39 is 15.7 Å². The number of fused-ring (bicyclic) bond motifs is 2. The lowest BCUT2D eigenvalue weighted by atomic mass is 9.67. The molecule has 0 saturated carbocycles. The molecule has 2 N–H and O–H groups in total. The van der Waals surface area contributed by atoms with Crippen molar-refractivity contribution in [2.45, 2.75) is 50.3 Å². The highest BCUT2D eigenvalue weighted by molar-refractivity contribution is 9.10. The van der Waals surface area contributed by atoms with Gasteiger partial charge in [0, 0.05) is 55.3 Å². The Bertz CT molecular complexity index is 1120. The van der Waals surface area contributed by atoms with Crippen LogP contribution in [-0.2, 0) is 17.5 Å². The molecular formula is C20H26BrN7OS. The lowest BCUT2D eigenvalue weighted by Gasteiger charge is -2.44. The van der Waals surface area contributed by atoms with Gasteiger partial charge < -0.3 is 4.90 Å². The number of imidazole rings is 1. The topological polar surface area (TPSA) is 94.3 Å². The Hall–Kier alpha value is -1.78. The van der Waals surface area contributed by atoms with Crippen LogP contribution < -0.4 is 10.0 Å². The summed E-state index contributed by atoms with van der Waals surface area (Å²) >= 11 is 3.49. The molecule has 0 amide bonds. The molecule has 5 heterocycles. The van der Waals surface area contributed by atoms with Crippen molar-refractivity contribution in [3.8, 4) is 0 Å². The summed E-state index contributed by atoms with van der Waals surface area (Å²) in [6.45, 7) is 6.77. The number of nitrogens with zero attached hydrogens (tertiary/aromatic N) is 6. The normalized spacial score (nSPS) is 22.0. The highest BCUT2D eigenvalue weighted by Gasteiger charge is 2.50. The molecule has 5 rings (SSSR count). The summed E-state index contributed by atoms with van der Waals surface area (Å²) in [5, 5.41) is 10.4. The Balaban J connectivity index is 1.42. The third-order valence-electron chi connectivity index (χ3n) is 7.00. The molecule has 0 aliphatic carbocycles. The van der Waals surface area contributed by atoms with Crippen LogP contribution in [0.2, 0.25) is 0 Å². The second kappa shape index (κ2) is 7.13. The minimum atomic E-state index is -1.37. The smallest absolute Gasteiger partial charge is 0.181 e. The molecule has 0 radical (unpaired) electrons. The Kier molecular flexibility index (Phi) is 4.79. The monoisotopic (exact) mass is 491 g/mol. The molecule has 3 aromatic rings. The van der Waals surface area contributed by atoms with Gasteiger partial charge in [-0.3, -0.25) is 14.2 Å². The first-order valence-electron chi connectivity index (χ1n) is 10.2. The van der Waals surface area contributed by atoms with E-state index in [0.29, 0.717) is 5.92 Å². The van der Waals surface area contributed by atoms with Crippen LogP contribution in [0, 0.1) is 5.41 Å². The van der Waals surface area contributed by atoms with E-state index >= 15 is 0 Å². The number of halogens is 1. The molecule has 10 heteroatoms. The van der Waals surface area contributed by atoms with Gasteiger partial charge in [0.15, 0.2) is 10.6 Å². The summed E-state index contributed by atoms with van der Waals surface area (Å²) in [6, 6.07) is 2.12. The second-order valence-corrected chi connectivity index (χ2v) is 11.5. The first kappa shape index (κ1) is 20.1. The van der Waals surface area contributed by atoms with E-state index in [1.54, 1.807) is 0 Å². The molecule has 0 aromatic carbocycles. The molecule has 1 saturated heterocycles. The van der Waals surface area contributed by atoms with E-state index in [1.807, 2.05) is 43.0 Å². The molecule has 0 bridgehead atoms. The van der Waals surface area contributed by atoms with Crippen LogP contribution in [0.25, 0.3) is 5.52 Å². The highest BCUT2D eigenvalue weighted by atomic mass is 79.9. The van der Waals surface area contributed by atoms with Crippen LogP contribution >= 0.6 is 15.9 Å². The van der Waals surface area contributed by atoms with Gasteiger partial charge in [-0.2, -0.15) is 5.10 Å². The van der Waals surface area contributed by atoms with Gasteiger partial charge in [-0.05, 0) is 55.1 Å². The number of hydrogen-bond acceptors (Lipinski definition) is 5. The number of anilines is 1. The predicted octanol–water partition coefficient (Wildman–Crippen LogP) is 2.86. The van der Waals surface area contributed by atoms with Crippen molar-refractivity contribution < 1.29 is 4.21 Å². The van der Waals surface area contributed by atoms with Crippen molar-refractivity contribution in [3.63, 3.8) is 0 Å². The molecule has 2 aliphatic rings. The lowest BCUT2D eigenvalue weighted by molar-refractivity contribution is 0.156. The van der Waals surface area contributed by atoms with Crippen molar-refractivity contribution in [1.82, 2.24) is 24.1 Å². The molecule has 3 aromatic heterocycles. The molecule has 2 aliphatic heterocycles. The molecule has 160 valence electrons. The van der Waals surface area contributed by atoms with E-state index in [4.69, 9.17) is 5.14 Å². The van der Waals surface area contributed by atoms with Gasteiger partial charge in [0.05, 0.1) is 21.9 Å². The summed E-state index contributed by atoms with van der Waals surface area (Å²) in [6.07, 6.45) is 10.3. The second-order valence-electron chi connectivity index (χ2n) is 9.11. The van der Waals surface area contributed by atoms with Gasteiger partial charge in [0.2, 0.25) is 0 Å². The van der Waals surface area contributed by atoms with Crippen molar-refractivity contribution in [3.05, 3.63) is 41.3 Å². The Morgan fingerprint density at radius 1 is 1.30 bits per heavy atom. The van der Waals surface area contributed by atoms with Crippen LogP contribution in [0.1, 0.15) is 44.7 Å². The first-order chi connectivity index (χ1) is 14.3. The van der Waals surface area contributed by atoms with Crippen molar-refractivity contribution in [1.29, 1.82) is 0 Å². The molecule has 30 heavy (non-hydrogen) atoms. The zero-order valence-electron chi connectivity index (χ0n) is 17.2. The standard InChI is InChI=1S/C20H26BrN7OS/c1-19(2,30(22)29)11-14-15-3-6-25-28(15)13-20(14)4-8-26(9-5-20)17-16-12-24-18(21)27(16)10-7-23-17/h3,6-7,10,12,14H,4-5,8-9,11,13,22H2,1-2H3/t14-,30?/m1/s1. The van der Waals surface area contributed by atoms with Crippen LogP contribution in [0.15, 0.2) is 35.6 Å². The summed E-state index contributed by atoms with van der Waals surface area (Å²) in [4.78, 5) is 11.4. The van der Waals surface area contributed by atoms with Gasteiger partial charge >= 0.3 is 0 Å². The zero-order valence-corrected chi connectivity index (χ0v) is 19.6. The van der Waals surface area contributed by atoms with E-state index in [1.165, 1.54) is 5.69 Å². The molecule has 8 nitrogen and oxygen atoms in total. The summed E-state index contributed by atoms with van der Waals surface area (Å²) in [5.74, 6) is 1.28. The number of aromatic nitrogens is 5. The van der Waals surface area contributed by atoms with E-state index in [-0.39, 0.29) is 5.41 Å². The fourth-order valence-corrected chi connectivity index (χ4v) is 5.93. The van der Waals surface area contributed by atoms with Crippen molar-refractivity contribution in [2.24, 2.45) is 10.6 Å². The predicted molar refractivity (Wildman–Crippen MR) is 121 cm³/mol. The maximum absolute atomic E-state index is 12.2. The van der Waals surface area contributed by atoms with Gasteiger partial charge in [0.25, 0.3) is 0 Å². The molecule has 1 unspecified atom stereocenters. The number of nitrogens with two attached hydrogens (primary N) is 1. The molecular weight excluding hydrogens is 466 g/mol. The minimum Gasteiger partial charge on any atom is -0.355 e. The zero-order chi connectivity index (χ0) is 21.1. The van der Waals surface area contributed by atoms with E-state index in [0.717, 1.165) is 55.0 Å². The van der Waals surface area contributed by atoms with E-state index in [9.17, 15) is 4.21 Å². The highest BCUT2D eigenvalue weighted by Crippen LogP contribution is 2.54. The number of piperidine rings is 1. The third kappa shape index (κ3) is 3.11. The maximum atomic E-state index is 12.2. The Morgan fingerprint density at radius 3 is 2.80 bits per heavy atom. The molecule has 1 fully saturated rings. The molecule has 1 spiro atoms. The Morgan fingerprint density at radius 2 is 2.07 bits per heavy atom. The van der Waals surface area contributed by atoms with Crippen molar-refractivity contribution >= 4 is 38.3 Å². The van der Waals surface area contributed by atoms with Crippen LogP contribution in [0.5, 0.6) is 0 Å². The summed E-state index contributed by atoms with van der Waals surface area (Å²) < 4.78 is 16.7. The summed E-state index contributed by atoms with van der Waals surface area (Å²) in [7, 11) is -1.37. The Labute approximate surface area is 186 Å². The fourth-order valence-electron chi connectivity index (χ4n) is 5.18. The SMILES string of the molecule is CC(C)(C[C@@H]1c2ccnn2CC12CCN(c1nccn3c(Br)ncc13)CC2)S(N)=O. The third-order valence-corrected chi connectivity index (χ3v) is 8.85. The maximum Gasteiger partial charge on any atom is 0.181 e. The minimum absolute atomic E-state index is 0.114. The average Bonchev–Trinajstić information content (AvgIpc) is 3.39. The van der Waals surface area contributed by atoms with Crippen LogP contribution in [0.3, 0.4) is 0 Å². The molecule has 2 atom stereocenters. The largest absolute Gasteiger partial charge is 0.355 e. The van der Waals surface area contributed by atoms with Crippen LogP contribution in [0.4, 0.5) is 5.82 Å². The number of hydrogen-bond donors (Lipinski definition) is 1. The van der Waals surface area contributed by atoms with Gasteiger partial charge in [-0.25, -0.2) is 14.2 Å². The first-order valence-corrected chi connectivity index (χ1v) is 12.2. The average molecular weight is 492 g/mol. The van der Waals surface area contributed by atoms with Crippen LogP contribution in [-0.4, -0.2) is 46.2 Å². The van der Waals surface area contributed by atoms with E-state index in [2.05, 4.69) is 46.6 Å².